The molecular formula is C9H5IN2O3. The Hall–Kier alpha value is -1.62. The monoisotopic (exact) mass is 316 g/mol. The zero-order valence-corrected chi connectivity index (χ0v) is 9.52. The second-order valence-electron chi connectivity index (χ2n) is 2.48. The van der Waals surface area contributed by atoms with Gasteiger partial charge in [-0.05, 0) is 9.99 Å². The fourth-order valence-electron chi connectivity index (χ4n) is 0.902. The van der Waals surface area contributed by atoms with Crippen molar-refractivity contribution in [2.45, 2.75) is 0 Å². The molecule has 0 aromatic heterocycles. The number of nitrogens with zero attached hydrogens (tertiary/aromatic N) is 1. The molecule has 0 radical (unpaired) electrons. The minimum Gasteiger partial charge on any atom is -0.315 e. The van der Waals surface area contributed by atoms with Gasteiger partial charge in [0, 0.05) is 46.3 Å². The van der Waals surface area contributed by atoms with Gasteiger partial charge >= 0.3 is 5.91 Å². The molecule has 0 aliphatic rings. The molecule has 0 unspecified atom stereocenters. The molecular weight excluding hydrogens is 311 g/mol. The van der Waals surface area contributed by atoms with E-state index in [9.17, 15) is 14.9 Å². The highest BCUT2D eigenvalue weighted by molar-refractivity contribution is 14.1. The van der Waals surface area contributed by atoms with Crippen LogP contribution in [0, 0.1) is 20.0 Å². The van der Waals surface area contributed by atoms with Gasteiger partial charge in [0.2, 0.25) is 0 Å². The highest BCUT2D eigenvalue weighted by Gasteiger charge is 2.06. The second-order valence-corrected chi connectivity index (χ2v) is 3.02. The molecule has 0 aliphatic heterocycles. The maximum absolute atomic E-state index is 11.0. The van der Waals surface area contributed by atoms with Gasteiger partial charge in [-0.25, -0.2) is 0 Å². The molecule has 5 nitrogen and oxygen atoms in total. The Morgan fingerprint density at radius 2 is 2.27 bits per heavy atom. The molecule has 1 amide bonds. The summed E-state index contributed by atoms with van der Waals surface area (Å²) in [5.74, 6) is 1.76. The van der Waals surface area contributed by atoms with Crippen molar-refractivity contribution in [3.05, 3.63) is 34.4 Å². The standard InChI is InChI=1S/C9H5IN2O3/c10-5-4-9(13)11-7-2-1-3-8(6-7)12(14)15/h1-3,6H,(H,11,13). The summed E-state index contributed by atoms with van der Waals surface area (Å²) < 4.78 is 2.40. The average Bonchev–Trinajstić information content (AvgIpc) is 2.18. The number of amides is 1. The lowest BCUT2D eigenvalue weighted by Crippen LogP contribution is -2.08. The maximum atomic E-state index is 11.0. The van der Waals surface area contributed by atoms with Gasteiger partial charge in [0.05, 0.1) is 4.92 Å². The quantitative estimate of drug-likeness (QED) is 0.392. The predicted octanol–water partition coefficient (Wildman–Crippen LogP) is 1.93. The van der Waals surface area contributed by atoms with Crippen molar-refractivity contribution >= 4 is 39.9 Å². The van der Waals surface area contributed by atoms with Crippen LogP contribution in [-0.2, 0) is 4.79 Å². The van der Waals surface area contributed by atoms with E-state index in [1.807, 2.05) is 0 Å². The van der Waals surface area contributed by atoms with Crippen LogP contribution in [0.2, 0.25) is 0 Å². The zero-order chi connectivity index (χ0) is 11.3. The van der Waals surface area contributed by atoms with Crippen LogP contribution in [-0.4, -0.2) is 10.8 Å². The Labute approximate surface area is 99.2 Å². The number of halogens is 1. The molecule has 0 heterocycles. The number of carbonyl (C=O) groups excluding carboxylic acids is 1. The first-order valence-corrected chi connectivity index (χ1v) is 4.88. The summed E-state index contributed by atoms with van der Waals surface area (Å²) in [5.41, 5.74) is 0.281. The van der Waals surface area contributed by atoms with Gasteiger partial charge in [-0.3, -0.25) is 14.9 Å². The molecule has 0 fully saturated rings. The summed E-state index contributed by atoms with van der Waals surface area (Å²) in [5, 5.41) is 12.8. The number of nitro benzene ring substituents is 1. The number of nitrogens with one attached hydrogen (secondary N) is 1. The van der Waals surface area contributed by atoms with E-state index < -0.39 is 10.8 Å². The molecule has 0 spiro atoms. The van der Waals surface area contributed by atoms with E-state index >= 15 is 0 Å². The van der Waals surface area contributed by atoms with Crippen molar-refractivity contribution in [3.8, 4) is 9.85 Å². The van der Waals surface area contributed by atoms with Crippen LogP contribution in [0.5, 0.6) is 0 Å². The van der Waals surface area contributed by atoms with Crippen LogP contribution in [0.15, 0.2) is 24.3 Å². The van der Waals surface area contributed by atoms with Gasteiger partial charge in [-0.2, -0.15) is 0 Å². The van der Waals surface area contributed by atoms with E-state index in [4.69, 9.17) is 0 Å². The maximum Gasteiger partial charge on any atom is 0.301 e. The first-order valence-electron chi connectivity index (χ1n) is 3.80. The summed E-state index contributed by atoms with van der Waals surface area (Å²) >= 11 is 1.73. The lowest BCUT2D eigenvalue weighted by atomic mass is 10.3. The van der Waals surface area contributed by atoms with Gasteiger partial charge in [0.25, 0.3) is 5.69 Å². The SMILES string of the molecule is O=C(C#CI)Nc1cccc([N+](=O)[O-])c1. The first kappa shape index (κ1) is 11.5. The fraction of sp³-hybridized carbons (Fsp3) is 0. The molecule has 76 valence electrons. The molecule has 1 N–H and O–H groups in total. The minimum absolute atomic E-state index is 0.0739. The predicted molar refractivity (Wildman–Crippen MR) is 63.5 cm³/mol. The molecule has 1 rings (SSSR count). The van der Waals surface area contributed by atoms with Crippen LogP contribution < -0.4 is 5.32 Å². The zero-order valence-electron chi connectivity index (χ0n) is 7.36. The average molecular weight is 316 g/mol. The van der Waals surface area contributed by atoms with E-state index in [2.05, 4.69) is 15.2 Å². The Balaban J connectivity index is 2.85. The summed E-state index contributed by atoms with van der Waals surface area (Å²) in [6.45, 7) is 0. The van der Waals surface area contributed by atoms with Crippen LogP contribution in [0.3, 0.4) is 0 Å². The number of nitro groups is 1. The summed E-state index contributed by atoms with van der Waals surface area (Å²) in [7, 11) is 0. The van der Waals surface area contributed by atoms with Gasteiger partial charge in [0.15, 0.2) is 0 Å². The number of non-ortho nitro benzene ring substituents is 1. The molecule has 0 aliphatic carbocycles. The summed E-state index contributed by atoms with van der Waals surface area (Å²) in [6.07, 6.45) is 0. The molecule has 0 saturated carbocycles. The van der Waals surface area contributed by atoms with Crippen molar-refractivity contribution in [1.29, 1.82) is 0 Å². The highest BCUT2D eigenvalue weighted by atomic mass is 127. The molecule has 1 aromatic carbocycles. The Morgan fingerprint density at radius 3 is 2.87 bits per heavy atom. The number of carbonyl (C=O) groups is 1. The second kappa shape index (κ2) is 5.31. The lowest BCUT2D eigenvalue weighted by molar-refractivity contribution is -0.384. The Kier molecular flexibility index (Phi) is 4.05. The summed E-state index contributed by atoms with van der Waals surface area (Å²) in [4.78, 5) is 20.9. The lowest BCUT2D eigenvalue weighted by Gasteiger charge is -1.99. The van der Waals surface area contributed by atoms with Gasteiger partial charge in [0.1, 0.15) is 0 Å². The number of benzene rings is 1. The number of hydrogen-bond donors (Lipinski definition) is 1. The molecule has 0 bridgehead atoms. The van der Waals surface area contributed by atoms with E-state index in [1.165, 1.54) is 18.2 Å². The fourth-order valence-corrected chi connectivity index (χ4v) is 1.15. The number of rotatable bonds is 2. The van der Waals surface area contributed by atoms with E-state index in [1.54, 1.807) is 28.7 Å². The number of anilines is 1. The third-order valence-electron chi connectivity index (χ3n) is 1.48. The first-order chi connectivity index (χ1) is 7.13. The van der Waals surface area contributed by atoms with Crippen LogP contribution >= 0.6 is 22.6 Å². The van der Waals surface area contributed by atoms with Crippen molar-refractivity contribution in [1.82, 2.24) is 0 Å². The van der Waals surface area contributed by atoms with Crippen molar-refractivity contribution in [3.63, 3.8) is 0 Å². The summed E-state index contributed by atoms with van der Waals surface area (Å²) in [6, 6.07) is 5.66. The van der Waals surface area contributed by atoms with Gasteiger partial charge in [-0.15, -0.1) is 0 Å². The topological polar surface area (TPSA) is 72.2 Å². The Bertz CT molecular complexity index is 462. The van der Waals surface area contributed by atoms with Crippen molar-refractivity contribution in [2.24, 2.45) is 0 Å². The van der Waals surface area contributed by atoms with Gasteiger partial charge in [-0.1, -0.05) is 6.07 Å². The van der Waals surface area contributed by atoms with E-state index in [-0.39, 0.29) is 5.69 Å². The third-order valence-corrected chi connectivity index (χ3v) is 1.75. The highest BCUT2D eigenvalue weighted by Crippen LogP contribution is 2.16. The van der Waals surface area contributed by atoms with Crippen LogP contribution in [0.1, 0.15) is 0 Å². The third kappa shape index (κ3) is 3.55. The molecule has 15 heavy (non-hydrogen) atoms. The van der Waals surface area contributed by atoms with Gasteiger partial charge < -0.3 is 5.32 Å². The number of hydrogen-bond acceptors (Lipinski definition) is 3. The van der Waals surface area contributed by atoms with Crippen molar-refractivity contribution < 1.29 is 9.72 Å². The molecule has 6 heteroatoms. The van der Waals surface area contributed by atoms with Crippen LogP contribution in [0.25, 0.3) is 0 Å². The molecule has 0 saturated heterocycles. The Morgan fingerprint density at radius 1 is 1.53 bits per heavy atom. The molecule has 1 aromatic rings. The van der Waals surface area contributed by atoms with Crippen LogP contribution in [0.4, 0.5) is 11.4 Å². The van der Waals surface area contributed by atoms with E-state index in [0.29, 0.717) is 5.69 Å². The largest absolute Gasteiger partial charge is 0.315 e. The normalized spacial score (nSPS) is 8.60. The minimum atomic E-state index is -0.528. The van der Waals surface area contributed by atoms with E-state index in [0.717, 1.165) is 0 Å². The van der Waals surface area contributed by atoms with Crippen molar-refractivity contribution in [2.75, 3.05) is 5.32 Å². The molecule has 0 atom stereocenters. The smallest absolute Gasteiger partial charge is 0.301 e.